The minimum atomic E-state index is 0.454. The molecule has 1 aromatic rings. The lowest BCUT2D eigenvalue weighted by Crippen LogP contribution is -2.11. The molecule has 0 aliphatic carbocycles. The molecule has 1 heterocycles. The van der Waals surface area contributed by atoms with Crippen molar-refractivity contribution in [1.29, 1.82) is 0 Å². The predicted molar refractivity (Wildman–Crippen MR) is 64.1 cm³/mol. The maximum Gasteiger partial charge on any atom is 0.0669 e. The second kappa shape index (κ2) is 5.31. The molecule has 0 fully saturated rings. The van der Waals surface area contributed by atoms with Crippen LogP contribution in [-0.2, 0) is 19.4 Å². The van der Waals surface area contributed by atoms with Gasteiger partial charge in [0.2, 0.25) is 0 Å². The molecule has 1 rings (SSSR count). The number of hydrogen-bond acceptors (Lipinski definition) is 2. The zero-order valence-corrected chi connectivity index (χ0v) is 10.6. The van der Waals surface area contributed by atoms with Crippen LogP contribution in [-0.4, -0.2) is 16.8 Å². The van der Waals surface area contributed by atoms with E-state index in [-0.39, 0.29) is 0 Å². The van der Waals surface area contributed by atoms with E-state index in [2.05, 4.69) is 37.7 Å². The van der Waals surface area contributed by atoms with Crippen molar-refractivity contribution >= 4 is 0 Å². The normalized spacial score (nSPS) is 11.3. The molecule has 0 saturated carbocycles. The average Bonchev–Trinajstić information content (AvgIpc) is 2.56. The van der Waals surface area contributed by atoms with Crippen LogP contribution in [0.4, 0.5) is 0 Å². The van der Waals surface area contributed by atoms with E-state index in [1.54, 1.807) is 0 Å². The van der Waals surface area contributed by atoms with Gasteiger partial charge < -0.3 is 5.32 Å². The maximum absolute atomic E-state index is 4.69. The first-order valence-electron chi connectivity index (χ1n) is 5.89. The van der Waals surface area contributed by atoms with E-state index in [0.29, 0.717) is 6.04 Å². The first-order chi connectivity index (χ1) is 7.15. The van der Waals surface area contributed by atoms with Crippen molar-refractivity contribution in [1.82, 2.24) is 15.1 Å². The van der Waals surface area contributed by atoms with Gasteiger partial charge in [-0.25, -0.2) is 0 Å². The summed E-state index contributed by atoms with van der Waals surface area (Å²) in [5.41, 5.74) is 4.03. The Morgan fingerprint density at radius 3 is 2.33 bits per heavy atom. The molecule has 0 aliphatic rings. The number of rotatable bonds is 5. The molecule has 0 unspecified atom stereocenters. The standard InChI is InChI=1S/C12H23N3/c1-6-11-10(8-13-5)12(7-2)15(14-11)9(3)4/h9,13H,6-8H2,1-5H3. The van der Waals surface area contributed by atoms with Crippen molar-refractivity contribution in [3.8, 4) is 0 Å². The number of aryl methyl sites for hydroxylation is 1. The number of nitrogens with zero attached hydrogens (tertiary/aromatic N) is 2. The van der Waals surface area contributed by atoms with Gasteiger partial charge in [0.05, 0.1) is 5.69 Å². The van der Waals surface area contributed by atoms with Crippen LogP contribution in [0.3, 0.4) is 0 Å². The van der Waals surface area contributed by atoms with Gasteiger partial charge in [-0.15, -0.1) is 0 Å². The summed E-state index contributed by atoms with van der Waals surface area (Å²) in [6.45, 7) is 9.68. The number of hydrogen-bond donors (Lipinski definition) is 1. The van der Waals surface area contributed by atoms with Crippen molar-refractivity contribution in [3.05, 3.63) is 17.0 Å². The number of aromatic nitrogens is 2. The fourth-order valence-electron chi connectivity index (χ4n) is 2.02. The lowest BCUT2D eigenvalue weighted by Gasteiger charge is -2.10. The Balaban J connectivity index is 3.19. The van der Waals surface area contributed by atoms with Crippen LogP contribution in [0.25, 0.3) is 0 Å². The smallest absolute Gasteiger partial charge is 0.0669 e. The Labute approximate surface area is 92.9 Å². The van der Waals surface area contributed by atoms with Gasteiger partial charge in [-0.2, -0.15) is 5.10 Å². The summed E-state index contributed by atoms with van der Waals surface area (Å²) in [6, 6.07) is 0.454. The molecule has 86 valence electrons. The van der Waals surface area contributed by atoms with Gasteiger partial charge in [0.15, 0.2) is 0 Å². The fourth-order valence-corrected chi connectivity index (χ4v) is 2.02. The van der Waals surface area contributed by atoms with Crippen molar-refractivity contribution in [2.75, 3.05) is 7.05 Å². The highest BCUT2D eigenvalue weighted by Gasteiger charge is 2.15. The molecule has 15 heavy (non-hydrogen) atoms. The molecule has 3 heteroatoms. The zero-order valence-electron chi connectivity index (χ0n) is 10.6. The highest BCUT2D eigenvalue weighted by Crippen LogP contribution is 2.19. The van der Waals surface area contributed by atoms with Crippen molar-refractivity contribution in [2.24, 2.45) is 0 Å². The van der Waals surface area contributed by atoms with Crippen LogP contribution in [0.2, 0.25) is 0 Å². The largest absolute Gasteiger partial charge is 0.316 e. The van der Waals surface area contributed by atoms with Gasteiger partial charge in [0, 0.05) is 23.8 Å². The molecule has 0 aliphatic heterocycles. The van der Waals surface area contributed by atoms with E-state index >= 15 is 0 Å². The molecule has 1 N–H and O–H groups in total. The Bertz CT molecular complexity index is 313. The molecule has 0 aromatic carbocycles. The van der Waals surface area contributed by atoms with Crippen molar-refractivity contribution < 1.29 is 0 Å². The van der Waals surface area contributed by atoms with Gasteiger partial charge in [-0.05, 0) is 33.7 Å². The highest BCUT2D eigenvalue weighted by molar-refractivity contribution is 5.27. The molecule has 3 nitrogen and oxygen atoms in total. The van der Waals surface area contributed by atoms with Crippen LogP contribution in [0.5, 0.6) is 0 Å². The molecule has 0 saturated heterocycles. The van der Waals surface area contributed by atoms with Gasteiger partial charge >= 0.3 is 0 Å². The summed E-state index contributed by atoms with van der Waals surface area (Å²) in [5.74, 6) is 0. The molecule has 0 atom stereocenters. The summed E-state index contributed by atoms with van der Waals surface area (Å²) >= 11 is 0. The van der Waals surface area contributed by atoms with E-state index in [1.165, 1.54) is 17.0 Å². The summed E-state index contributed by atoms with van der Waals surface area (Å²) in [7, 11) is 1.99. The highest BCUT2D eigenvalue weighted by atomic mass is 15.3. The summed E-state index contributed by atoms with van der Waals surface area (Å²) in [4.78, 5) is 0. The second-order valence-corrected chi connectivity index (χ2v) is 4.15. The molecule has 0 amide bonds. The van der Waals surface area contributed by atoms with E-state index < -0.39 is 0 Å². The molecule has 0 radical (unpaired) electrons. The zero-order chi connectivity index (χ0) is 11.4. The quantitative estimate of drug-likeness (QED) is 0.806. The lowest BCUT2D eigenvalue weighted by molar-refractivity contribution is 0.506. The lowest BCUT2D eigenvalue weighted by atomic mass is 10.1. The topological polar surface area (TPSA) is 29.9 Å². The van der Waals surface area contributed by atoms with Gasteiger partial charge in [0.25, 0.3) is 0 Å². The average molecular weight is 209 g/mol. The monoisotopic (exact) mass is 209 g/mol. The summed E-state index contributed by atoms with van der Waals surface area (Å²) in [6.07, 6.45) is 2.08. The molecule has 0 bridgehead atoms. The van der Waals surface area contributed by atoms with Gasteiger partial charge in [-0.1, -0.05) is 13.8 Å². The Morgan fingerprint density at radius 1 is 1.27 bits per heavy atom. The second-order valence-electron chi connectivity index (χ2n) is 4.15. The van der Waals surface area contributed by atoms with E-state index in [0.717, 1.165) is 19.4 Å². The Morgan fingerprint density at radius 2 is 1.93 bits per heavy atom. The van der Waals surface area contributed by atoms with Crippen LogP contribution in [0.15, 0.2) is 0 Å². The van der Waals surface area contributed by atoms with Crippen LogP contribution >= 0.6 is 0 Å². The molecular weight excluding hydrogens is 186 g/mol. The van der Waals surface area contributed by atoms with E-state index in [9.17, 15) is 0 Å². The van der Waals surface area contributed by atoms with Gasteiger partial charge in [-0.3, -0.25) is 4.68 Å². The Kier molecular flexibility index (Phi) is 4.33. The fraction of sp³-hybridized carbons (Fsp3) is 0.750. The van der Waals surface area contributed by atoms with Crippen molar-refractivity contribution in [3.63, 3.8) is 0 Å². The molecular formula is C12H23N3. The predicted octanol–water partition coefficient (Wildman–Crippen LogP) is 2.31. The van der Waals surface area contributed by atoms with Crippen molar-refractivity contribution in [2.45, 2.75) is 53.1 Å². The first kappa shape index (κ1) is 12.2. The van der Waals surface area contributed by atoms with E-state index in [1.807, 2.05) is 7.05 Å². The maximum atomic E-state index is 4.69. The van der Waals surface area contributed by atoms with Crippen LogP contribution in [0.1, 0.15) is 50.7 Å². The van der Waals surface area contributed by atoms with Crippen LogP contribution in [0, 0.1) is 0 Å². The molecule has 1 aromatic heterocycles. The van der Waals surface area contributed by atoms with Gasteiger partial charge in [0.1, 0.15) is 0 Å². The van der Waals surface area contributed by atoms with Crippen LogP contribution < -0.4 is 5.32 Å². The third kappa shape index (κ3) is 2.40. The van der Waals surface area contributed by atoms with E-state index in [4.69, 9.17) is 5.10 Å². The minimum absolute atomic E-state index is 0.454. The third-order valence-corrected chi connectivity index (χ3v) is 2.71. The first-order valence-corrected chi connectivity index (χ1v) is 5.89. The molecule has 0 spiro atoms. The summed E-state index contributed by atoms with van der Waals surface area (Å²) < 4.78 is 2.17. The Hall–Kier alpha value is -0.830. The third-order valence-electron chi connectivity index (χ3n) is 2.71. The number of nitrogens with one attached hydrogen (secondary N) is 1. The minimum Gasteiger partial charge on any atom is -0.316 e. The SMILES string of the molecule is CCc1nn(C(C)C)c(CC)c1CNC. The summed E-state index contributed by atoms with van der Waals surface area (Å²) in [5, 5.41) is 7.93.